The highest BCUT2D eigenvalue weighted by molar-refractivity contribution is 5.90. The minimum Gasteiger partial charge on any atom is -0.373 e. The molecule has 1 saturated heterocycles. The van der Waals surface area contributed by atoms with E-state index >= 15 is 0 Å². The largest absolute Gasteiger partial charge is 0.373 e. The predicted octanol–water partition coefficient (Wildman–Crippen LogP) is 0.850. The van der Waals surface area contributed by atoms with Crippen LogP contribution >= 0.6 is 0 Å². The second-order valence-electron chi connectivity index (χ2n) is 5.28. The smallest absolute Gasteiger partial charge is 0.245 e. The molecule has 19 heavy (non-hydrogen) atoms. The van der Waals surface area contributed by atoms with E-state index < -0.39 is 5.54 Å². The van der Waals surface area contributed by atoms with Gasteiger partial charge in [-0.25, -0.2) is 9.97 Å². The standard InChI is InChI=1S/C13H21N5O/c1-8-10(14-5)16-9(2)17-11(8)18-7-6-15-12(19)13(18,3)4/h6-7H2,1-5H3,(H,15,19)(H,14,16,17). The normalized spacial score (nSPS) is 18.2. The summed E-state index contributed by atoms with van der Waals surface area (Å²) in [7, 11) is 1.84. The molecule has 6 heteroatoms. The topological polar surface area (TPSA) is 70.2 Å². The molecule has 1 aliphatic heterocycles. The second kappa shape index (κ2) is 4.68. The van der Waals surface area contributed by atoms with Crippen LogP contribution in [-0.2, 0) is 4.79 Å². The Labute approximate surface area is 113 Å². The fourth-order valence-electron chi connectivity index (χ4n) is 2.39. The molecule has 1 aliphatic rings. The van der Waals surface area contributed by atoms with Gasteiger partial charge in [-0.2, -0.15) is 0 Å². The van der Waals surface area contributed by atoms with Crippen molar-refractivity contribution < 1.29 is 4.79 Å². The molecule has 0 radical (unpaired) electrons. The van der Waals surface area contributed by atoms with Gasteiger partial charge in [0.15, 0.2) is 0 Å². The molecule has 1 amide bonds. The number of hydrogen-bond acceptors (Lipinski definition) is 5. The lowest BCUT2D eigenvalue weighted by Crippen LogP contribution is -2.62. The number of nitrogens with zero attached hydrogens (tertiary/aromatic N) is 3. The molecule has 2 heterocycles. The van der Waals surface area contributed by atoms with E-state index in [1.165, 1.54) is 0 Å². The highest BCUT2D eigenvalue weighted by Gasteiger charge is 2.39. The van der Waals surface area contributed by atoms with E-state index in [4.69, 9.17) is 0 Å². The zero-order chi connectivity index (χ0) is 14.2. The number of carbonyl (C=O) groups is 1. The quantitative estimate of drug-likeness (QED) is 0.828. The van der Waals surface area contributed by atoms with Gasteiger partial charge in [0.1, 0.15) is 23.0 Å². The van der Waals surface area contributed by atoms with Crippen molar-refractivity contribution in [3.05, 3.63) is 11.4 Å². The van der Waals surface area contributed by atoms with Crippen molar-refractivity contribution in [1.82, 2.24) is 15.3 Å². The number of amides is 1. The molecule has 2 N–H and O–H groups in total. The summed E-state index contributed by atoms with van der Waals surface area (Å²) in [5, 5.41) is 5.97. The average Bonchev–Trinajstić information content (AvgIpc) is 2.35. The van der Waals surface area contributed by atoms with Crippen LogP contribution in [-0.4, -0.2) is 41.6 Å². The van der Waals surface area contributed by atoms with Crippen LogP contribution < -0.4 is 15.5 Å². The van der Waals surface area contributed by atoms with Crippen molar-refractivity contribution in [3.8, 4) is 0 Å². The van der Waals surface area contributed by atoms with Crippen molar-refractivity contribution in [2.75, 3.05) is 30.4 Å². The molecule has 1 fully saturated rings. The van der Waals surface area contributed by atoms with Gasteiger partial charge in [-0.3, -0.25) is 4.79 Å². The van der Waals surface area contributed by atoms with Gasteiger partial charge < -0.3 is 15.5 Å². The maximum Gasteiger partial charge on any atom is 0.245 e. The predicted molar refractivity (Wildman–Crippen MR) is 75.5 cm³/mol. The van der Waals surface area contributed by atoms with Crippen LogP contribution in [0.5, 0.6) is 0 Å². The van der Waals surface area contributed by atoms with Gasteiger partial charge >= 0.3 is 0 Å². The Bertz CT molecular complexity index is 512. The number of aryl methyl sites for hydroxylation is 1. The monoisotopic (exact) mass is 263 g/mol. The Balaban J connectivity index is 2.52. The first kappa shape index (κ1) is 13.6. The third-order valence-corrected chi connectivity index (χ3v) is 3.58. The SMILES string of the molecule is CNc1nc(C)nc(N2CCNC(=O)C2(C)C)c1C. The van der Waals surface area contributed by atoms with E-state index in [-0.39, 0.29) is 5.91 Å². The van der Waals surface area contributed by atoms with Crippen molar-refractivity contribution in [3.63, 3.8) is 0 Å². The lowest BCUT2D eigenvalue weighted by molar-refractivity contribution is -0.126. The zero-order valence-electron chi connectivity index (χ0n) is 12.2. The maximum atomic E-state index is 12.0. The Kier molecular flexibility index (Phi) is 3.34. The molecule has 0 saturated carbocycles. The Morgan fingerprint density at radius 3 is 2.63 bits per heavy atom. The summed E-state index contributed by atoms with van der Waals surface area (Å²) in [4.78, 5) is 23.0. The summed E-state index contributed by atoms with van der Waals surface area (Å²) in [6.07, 6.45) is 0. The zero-order valence-corrected chi connectivity index (χ0v) is 12.2. The molecule has 0 unspecified atom stereocenters. The summed E-state index contributed by atoms with van der Waals surface area (Å²) >= 11 is 0. The number of carbonyl (C=O) groups excluding carboxylic acids is 1. The van der Waals surface area contributed by atoms with E-state index in [2.05, 4.69) is 25.5 Å². The number of aromatic nitrogens is 2. The summed E-state index contributed by atoms with van der Waals surface area (Å²) < 4.78 is 0. The first-order chi connectivity index (χ1) is 8.87. The summed E-state index contributed by atoms with van der Waals surface area (Å²) in [5.74, 6) is 2.37. The maximum absolute atomic E-state index is 12.0. The van der Waals surface area contributed by atoms with Gasteiger partial charge in [-0.1, -0.05) is 0 Å². The first-order valence-corrected chi connectivity index (χ1v) is 6.47. The van der Waals surface area contributed by atoms with Crippen LogP contribution in [0.1, 0.15) is 25.2 Å². The molecule has 104 valence electrons. The Morgan fingerprint density at radius 1 is 1.32 bits per heavy atom. The van der Waals surface area contributed by atoms with E-state index in [1.807, 2.05) is 34.7 Å². The van der Waals surface area contributed by atoms with Crippen LogP contribution in [0.4, 0.5) is 11.6 Å². The minimum atomic E-state index is -0.602. The van der Waals surface area contributed by atoms with Crippen LogP contribution in [0.15, 0.2) is 0 Å². The molecule has 2 rings (SSSR count). The summed E-state index contributed by atoms with van der Waals surface area (Å²) in [5.41, 5.74) is 0.366. The van der Waals surface area contributed by atoms with Gasteiger partial charge in [-0.05, 0) is 27.7 Å². The van der Waals surface area contributed by atoms with Gasteiger partial charge in [0.25, 0.3) is 0 Å². The summed E-state index contributed by atoms with van der Waals surface area (Å²) in [6, 6.07) is 0. The van der Waals surface area contributed by atoms with E-state index in [0.717, 1.165) is 23.7 Å². The van der Waals surface area contributed by atoms with Crippen LogP contribution in [0.25, 0.3) is 0 Å². The van der Waals surface area contributed by atoms with Gasteiger partial charge in [0, 0.05) is 25.7 Å². The lowest BCUT2D eigenvalue weighted by atomic mass is 9.98. The minimum absolute atomic E-state index is 0.0282. The number of hydrogen-bond donors (Lipinski definition) is 2. The van der Waals surface area contributed by atoms with Gasteiger partial charge in [0.2, 0.25) is 5.91 Å². The second-order valence-corrected chi connectivity index (χ2v) is 5.28. The third-order valence-electron chi connectivity index (χ3n) is 3.58. The number of piperazine rings is 1. The fourth-order valence-corrected chi connectivity index (χ4v) is 2.39. The highest BCUT2D eigenvalue weighted by atomic mass is 16.2. The third kappa shape index (κ3) is 2.22. The Morgan fingerprint density at radius 2 is 2.00 bits per heavy atom. The highest BCUT2D eigenvalue weighted by Crippen LogP contribution is 2.30. The van der Waals surface area contributed by atoms with Crippen LogP contribution in [0.2, 0.25) is 0 Å². The number of rotatable bonds is 2. The number of nitrogens with one attached hydrogen (secondary N) is 2. The molecular weight excluding hydrogens is 242 g/mol. The number of anilines is 2. The molecule has 0 spiro atoms. The Hall–Kier alpha value is -1.85. The van der Waals surface area contributed by atoms with Crippen molar-refractivity contribution in [2.24, 2.45) is 0 Å². The van der Waals surface area contributed by atoms with Gasteiger partial charge in [0.05, 0.1) is 0 Å². The van der Waals surface area contributed by atoms with E-state index in [9.17, 15) is 4.79 Å². The van der Waals surface area contributed by atoms with Crippen LogP contribution in [0.3, 0.4) is 0 Å². The van der Waals surface area contributed by atoms with Gasteiger partial charge in [-0.15, -0.1) is 0 Å². The molecular formula is C13H21N5O. The van der Waals surface area contributed by atoms with Crippen molar-refractivity contribution in [2.45, 2.75) is 33.2 Å². The molecule has 1 aromatic rings. The molecule has 0 aliphatic carbocycles. The van der Waals surface area contributed by atoms with Crippen LogP contribution in [0, 0.1) is 13.8 Å². The molecule has 1 aromatic heterocycles. The first-order valence-electron chi connectivity index (χ1n) is 6.47. The summed E-state index contributed by atoms with van der Waals surface area (Å²) in [6.45, 7) is 9.05. The molecule has 0 aromatic carbocycles. The average molecular weight is 263 g/mol. The van der Waals surface area contributed by atoms with Crippen molar-refractivity contribution in [1.29, 1.82) is 0 Å². The molecule has 0 bridgehead atoms. The fraction of sp³-hybridized carbons (Fsp3) is 0.615. The van der Waals surface area contributed by atoms with E-state index in [0.29, 0.717) is 12.4 Å². The van der Waals surface area contributed by atoms with Crippen molar-refractivity contribution >= 4 is 17.5 Å². The molecule has 6 nitrogen and oxygen atoms in total. The molecule has 0 atom stereocenters. The lowest BCUT2D eigenvalue weighted by Gasteiger charge is -2.42. The van der Waals surface area contributed by atoms with E-state index in [1.54, 1.807) is 0 Å².